The Balaban J connectivity index is 1.80. The topological polar surface area (TPSA) is 36.3 Å². The summed E-state index contributed by atoms with van der Waals surface area (Å²) in [5.41, 5.74) is 0.613. The summed E-state index contributed by atoms with van der Waals surface area (Å²) in [7, 11) is 0. The first-order chi connectivity index (χ1) is 8.29. The predicted octanol–water partition coefficient (Wildman–Crippen LogP) is 2.28. The second-order valence-corrected chi connectivity index (χ2v) is 4.65. The molecule has 1 aliphatic rings. The summed E-state index contributed by atoms with van der Waals surface area (Å²) in [6, 6.07) is 9.53. The van der Waals surface area contributed by atoms with E-state index < -0.39 is 0 Å². The first-order valence-electron chi connectivity index (χ1n) is 6.14. The maximum Gasteiger partial charge on any atom is 0.137 e. The average molecular weight is 230 g/mol. The molecule has 0 N–H and O–H groups in total. The van der Waals surface area contributed by atoms with Gasteiger partial charge in [-0.25, -0.2) is 0 Å². The van der Waals surface area contributed by atoms with Gasteiger partial charge in [0, 0.05) is 13.1 Å². The first-order valence-corrected chi connectivity index (χ1v) is 6.14. The smallest absolute Gasteiger partial charge is 0.137 e. The standard InChI is InChI=1S/C14H18N2O/c1-12-6-7-16(11-12)8-9-17-14-5-3-2-4-13(14)10-15/h2-5,12H,6-9,11H2,1H3. The van der Waals surface area contributed by atoms with Gasteiger partial charge in [0.05, 0.1) is 5.56 Å². The first kappa shape index (κ1) is 11.9. The summed E-state index contributed by atoms with van der Waals surface area (Å²) in [5, 5.41) is 8.92. The Morgan fingerprint density at radius 3 is 3.00 bits per heavy atom. The van der Waals surface area contributed by atoms with Crippen LogP contribution >= 0.6 is 0 Å². The Hall–Kier alpha value is -1.53. The number of ether oxygens (including phenoxy) is 1. The molecule has 2 rings (SSSR count). The molecule has 0 bridgehead atoms. The second-order valence-electron chi connectivity index (χ2n) is 4.65. The van der Waals surface area contributed by atoms with E-state index in [9.17, 15) is 0 Å². The van der Waals surface area contributed by atoms with E-state index in [0.717, 1.165) is 12.5 Å². The van der Waals surface area contributed by atoms with Gasteiger partial charge in [-0.1, -0.05) is 19.1 Å². The molecule has 1 fully saturated rings. The Kier molecular flexibility index (Phi) is 4.00. The number of hydrogen-bond donors (Lipinski definition) is 0. The number of nitrogens with zero attached hydrogens (tertiary/aromatic N) is 2. The van der Waals surface area contributed by atoms with Crippen LogP contribution in [0.5, 0.6) is 5.75 Å². The summed E-state index contributed by atoms with van der Waals surface area (Å²) in [6.45, 7) is 6.23. The van der Waals surface area contributed by atoms with Crippen molar-refractivity contribution in [2.75, 3.05) is 26.2 Å². The largest absolute Gasteiger partial charge is 0.491 e. The molecule has 0 aromatic heterocycles. The quantitative estimate of drug-likeness (QED) is 0.796. The Bertz CT molecular complexity index is 411. The van der Waals surface area contributed by atoms with Crippen LogP contribution in [0.1, 0.15) is 18.9 Å². The Morgan fingerprint density at radius 2 is 2.29 bits per heavy atom. The van der Waals surface area contributed by atoms with Gasteiger partial charge >= 0.3 is 0 Å². The number of benzene rings is 1. The van der Waals surface area contributed by atoms with Gasteiger partial charge in [0.15, 0.2) is 0 Å². The lowest BCUT2D eigenvalue weighted by atomic mass is 10.2. The Labute approximate surface area is 103 Å². The van der Waals surface area contributed by atoms with Gasteiger partial charge < -0.3 is 4.74 Å². The molecule has 1 aromatic carbocycles. The van der Waals surface area contributed by atoms with Crippen LogP contribution in [0, 0.1) is 17.2 Å². The lowest BCUT2D eigenvalue weighted by molar-refractivity contribution is 0.233. The number of rotatable bonds is 4. The van der Waals surface area contributed by atoms with Crippen LogP contribution in [-0.4, -0.2) is 31.1 Å². The van der Waals surface area contributed by atoms with Crippen LogP contribution in [0.15, 0.2) is 24.3 Å². The van der Waals surface area contributed by atoms with Crippen molar-refractivity contribution in [3.8, 4) is 11.8 Å². The zero-order valence-corrected chi connectivity index (χ0v) is 10.2. The number of para-hydroxylation sites is 1. The average Bonchev–Trinajstić information content (AvgIpc) is 2.76. The molecule has 1 aliphatic heterocycles. The van der Waals surface area contributed by atoms with Crippen LogP contribution in [0.4, 0.5) is 0 Å². The number of hydrogen-bond acceptors (Lipinski definition) is 3. The summed E-state index contributed by atoms with van der Waals surface area (Å²) in [5.74, 6) is 1.50. The van der Waals surface area contributed by atoms with Gasteiger partial charge in [-0.2, -0.15) is 5.26 Å². The van der Waals surface area contributed by atoms with Gasteiger partial charge in [0.25, 0.3) is 0 Å². The molecule has 0 aliphatic carbocycles. The van der Waals surface area contributed by atoms with Crippen molar-refractivity contribution in [1.82, 2.24) is 4.90 Å². The molecule has 1 heterocycles. The molecule has 0 amide bonds. The fraction of sp³-hybridized carbons (Fsp3) is 0.500. The highest BCUT2D eigenvalue weighted by Crippen LogP contribution is 2.17. The molecular weight excluding hydrogens is 212 g/mol. The summed E-state index contributed by atoms with van der Waals surface area (Å²) >= 11 is 0. The third kappa shape index (κ3) is 3.21. The highest BCUT2D eigenvalue weighted by atomic mass is 16.5. The molecule has 3 heteroatoms. The van der Waals surface area contributed by atoms with Crippen molar-refractivity contribution in [2.45, 2.75) is 13.3 Å². The Morgan fingerprint density at radius 1 is 1.47 bits per heavy atom. The van der Waals surface area contributed by atoms with E-state index >= 15 is 0 Å². The number of likely N-dealkylation sites (tertiary alicyclic amines) is 1. The van der Waals surface area contributed by atoms with Crippen molar-refractivity contribution in [3.63, 3.8) is 0 Å². The molecular formula is C14H18N2O. The zero-order chi connectivity index (χ0) is 12.1. The third-order valence-corrected chi connectivity index (χ3v) is 3.18. The van der Waals surface area contributed by atoms with Crippen LogP contribution < -0.4 is 4.74 Å². The SMILES string of the molecule is CC1CCN(CCOc2ccccc2C#N)C1. The molecule has 1 aromatic rings. The lowest BCUT2D eigenvalue weighted by Crippen LogP contribution is -2.26. The monoisotopic (exact) mass is 230 g/mol. The lowest BCUT2D eigenvalue weighted by Gasteiger charge is -2.15. The molecule has 90 valence electrons. The van der Waals surface area contributed by atoms with Gasteiger partial charge in [-0.3, -0.25) is 4.90 Å². The summed E-state index contributed by atoms with van der Waals surface area (Å²) in [6.07, 6.45) is 1.29. The maximum absolute atomic E-state index is 8.92. The van der Waals surface area contributed by atoms with Crippen molar-refractivity contribution < 1.29 is 4.74 Å². The number of nitriles is 1. The molecule has 0 spiro atoms. The zero-order valence-electron chi connectivity index (χ0n) is 10.2. The second kappa shape index (κ2) is 5.70. The fourth-order valence-corrected chi connectivity index (χ4v) is 2.20. The minimum Gasteiger partial charge on any atom is -0.491 e. The van der Waals surface area contributed by atoms with E-state index in [1.165, 1.54) is 19.5 Å². The predicted molar refractivity (Wildman–Crippen MR) is 66.9 cm³/mol. The molecule has 3 nitrogen and oxygen atoms in total. The molecule has 1 atom stereocenters. The van der Waals surface area contributed by atoms with Gasteiger partial charge in [0.1, 0.15) is 18.4 Å². The van der Waals surface area contributed by atoms with Crippen molar-refractivity contribution in [1.29, 1.82) is 5.26 Å². The normalized spacial score (nSPS) is 20.1. The van der Waals surface area contributed by atoms with E-state index in [1.807, 2.05) is 18.2 Å². The minimum atomic E-state index is 0.613. The van der Waals surface area contributed by atoms with E-state index in [1.54, 1.807) is 6.07 Å². The minimum absolute atomic E-state index is 0.613. The van der Waals surface area contributed by atoms with Gasteiger partial charge in [0.2, 0.25) is 0 Å². The van der Waals surface area contributed by atoms with Crippen molar-refractivity contribution >= 4 is 0 Å². The molecule has 0 saturated carbocycles. The van der Waals surface area contributed by atoms with Crippen LogP contribution in [0.25, 0.3) is 0 Å². The molecule has 1 unspecified atom stereocenters. The summed E-state index contributed by atoms with van der Waals surface area (Å²) in [4.78, 5) is 2.42. The molecule has 0 radical (unpaired) electrons. The van der Waals surface area contributed by atoms with Crippen LogP contribution in [0.2, 0.25) is 0 Å². The molecule has 17 heavy (non-hydrogen) atoms. The van der Waals surface area contributed by atoms with E-state index in [-0.39, 0.29) is 0 Å². The highest BCUT2D eigenvalue weighted by molar-refractivity contribution is 5.42. The van der Waals surface area contributed by atoms with E-state index in [0.29, 0.717) is 17.9 Å². The van der Waals surface area contributed by atoms with Crippen molar-refractivity contribution in [3.05, 3.63) is 29.8 Å². The van der Waals surface area contributed by atoms with E-state index in [2.05, 4.69) is 17.9 Å². The van der Waals surface area contributed by atoms with Crippen LogP contribution in [-0.2, 0) is 0 Å². The highest BCUT2D eigenvalue weighted by Gasteiger charge is 2.17. The van der Waals surface area contributed by atoms with Gasteiger partial charge in [-0.15, -0.1) is 0 Å². The van der Waals surface area contributed by atoms with E-state index in [4.69, 9.17) is 10.00 Å². The van der Waals surface area contributed by atoms with Crippen LogP contribution in [0.3, 0.4) is 0 Å². The van der Waals surface area contributed by atoms with Crippen molar-refractivity contribution in [2.24, 2.45) is 5.92 Å². The summed E-state index contributed by atoms with van der Waals surface area (Å²) < 4.78 is 5.66. The fourth-order valence-electron chi connectivity index (χ4n) is 2.20. The molecule has 1 saturated heterocycles. The maximum atomic E-state index is 8.92. The van der Waals surface area contributed by atoms with Gasteiger partial charge in [-0.05, 0) is 31.0 Å². The third-order valence-electron chi connectivity index (χ3n) is 3.18.